The van der Waals surface area contributed by atoms with Crippen LogP contribution in [0.3, 0.4) is 0 Å². The molecule has 5 nitrogen and oxygen atoms in total. The van der Waals surface area contributed by atoms with E-state index in [1.807, 2.05) is 18.2 Å². The predicted molar refractivity (Wildman–Crippen MR) is 94.1 cm³/mol. The van der Waals surface area contributed by atoms with Crippen molar-refractivity contribution in [3.63, 3.8) is 0 Å². The minimum atomic E-state index is -0.352. The monoisotopic (exact) mass is 323 g/mol. The zero-order chi connectivity index (χ0) is 16.5. The van der Waals surface area contributed by atoms with Crippen LogP contribution in [0.4, 0.5) is 10.5 Å². The Labute approximate surface area is 140 Å². The van der Waals surface area contributed by atoms with E-state index < -0.39 is 0 Å². The molecule has 0 aliphatic heterocycles. The number of hydrogen-bond donors (Lipinski definition) is 3. The lowest BCUT2D eigenvalue weighted by Gasteiger charge is -2.11. The number of nitrogens with one attached hydrogen (secondary N) is 3. The summed E-state index contributed by atoms with van der Waals surface area (Å²) in [5, 5.41) is 10.7. The van der Waals surface area contributed by atoms with Gasteiger partial charge in [0, 0.05) is 11.9 Å². The fraction of sp³-hybridized carbons (Fsp3) is 0.368. The van der Waals surface area contributed by atoms with Crippen molar-refractivity contribution in [2.24, 2.45) is 5.92 Å². The van der Waals surface area contributed by atoms with Gasteiger partial charge in [-0.2, -0.15) is 0 Å². The van der Waals surface area contributed by atoms with Gasteiger partial charge < -0.3 is 16.0 Å². The van der Waals surface area contributed by atoms with Crippen LogP contribution < -0.4 is 16.0 Å². The van der Waals surface area contributed by atoms with Crippen molar-refractivity contribution in [2.45, 2.75) is 25.7 Å². The van der Waals surface area contributed by atoms with Crippen LogP contribution in [0.2, 0.25) is 0 Å². The van der Waals surface area contributed by atoms with E-state index in [0.29, 0.717) is 5.92 Å². The summed E-state index contributed by atoms with van der Waals surface area (Å²) in [5.41, 5.74) is 3.46. The summed E-state index contributed by atoms with van der Waals surface area (Å²) >= 11 is 0. The Bertz CT molecular complexity index is 801. The first-order valence-electron chi connectivity index (χ1n) is 8.56. The van der Waals surface area contributed by atoms with E-state index in [0.717, 1.165) is 30.5 Å². The second-order valence-electron chi connectivity index (χ2n) is 6.67. The molecule has 0 heterocycles. The highest BCUT2D eigenvalue weighted by Crippen LogP contribution is 2.34. The third-order valence-electron chi connectivity index (χ3n) is 4.82. The highest BCUT2D eigenvalue weighted by atomic mass is 16.2. The van der Waals surface area contributed by atoms with E-state index in [4.69, 9.17) is 0 Å². The Morgan fingerprint density at radius 2 is 1.79 bits per heavy atom. The van der Waals surface area contributed by atoms with Crippen molar-refractivity contribution in [3.05, 3.63) is 41.5 Å². The van der Waals surface area contributed by atoms with Crippen LogP contribution in [0.15, 0.2) is 30.3 Å². The fourth-order valence-electron chi connectivity index (χ4n) is 3.33. The van der Waals surface area contributed by atoms with Crippen LogP contribution >= 0.6 is 0 Å². The number of urea groups is 1. The SMILES string of the molecule is O=C(CNC(=O)Nc1ccc2c3c(cccc13)CC2)NCC1CC1. The molecule has 4 rings (SSSR count). The summed E-state index contributed by atoms with van der Waals surface area (Å²) in [6.07, 6.45) is 4.51. The maximum Gasteiger partial charge on any atom is 0.319 e. The van der Waals surface area contributed by atoms with Gasteiger partial charge in [0.2, 0.25) is 5.91 Å². The topological polar surface area (TPSA) is 70.2 Å². The normalized spacial score (nSPS) is 15.3. The minimum Gasteiger partial charge on any atom is -0.354 e. The maximum absolute atomic E-state index is 12.1. The van der Waals surface area contributed by atoms with Gasteiger partial charge in [-0.15, -0.1) is 0 Å². The molecule has 24 heavy (non-hydrogen) atoms. The Morgan fingerprint density at radius 3 is 2.58 bits per heavy atom. The van der Waals surface area contributed by atoms with Gasteiger partial charge in [0.1, 0.15) is 0 Å². The minimum absolute atomic E-state index is 0.000179. The van der Waals surface area contributed by atoms with Crippen LogP contribution in [0.1, 0.15) is 24.0 Å². The highest BCUT2D eigenvalue weighted by molar-refractivity contribution is 6.05. The Morgan fingerprint density at radius 1 is 1.00 bits per heavy atom. The van der Waals surface area contributed by atoms with Crippen LogP contribution in [0.25, 0.3) is 10.8 Å². The Balaban J connectivity index is 1.39. The molecule has 0 aromatic heterocycles. The molecule has 2 aromatic carbocycles. The first-order valence-corrected chi connectivity index (χ1v) is 8.56. The lowest BCUT2D eigenvalue weighted by Crippen LogP contribution is -2.39. The molecule has 1 fully saturated rings. The van der Waals surface area contributed by atoms with Crippen molar-refractivity contribution in [2.75, 3.05) is 18.4 Å². The van der Waals surface area contributed by atoms with Gasteiger partial charge in [0.15, 0.2) is 0 Å². The van der Waals surface area contributed by atoms with Gasteiger partial charge in [-0.1, -0.05) is 24.3 Å². The molecule has 0 unspecified atom stereocenters. The van der Waals surface area contributed by atoms with Crippen LogP contribution in [0, 0.1) is 5.92 Å². The molecule has 3 amide bonds. The molecule has 2 aliphatic carbocycles. The van der Waals surface area contributed by atoms with Crippen molar-refractivity contribution in [3.8, 4) is 0 Å². The maximum atomic E-state index is 12.1. The van der Waals surface area contributed by atoms with Crippen molar-refractivity contribution < 1.29 is 9.59 Å². The summed E-state index contributed by atoms with van der Waals surface area (Å²) in [7, 11) is 0. The molecule has 0 bridgehead atoms. The molecule has 5 heteroatoms. The largest absolute Gasteiger partial charge is 0.354 e. The number of benzene rings is 2. The van der Waals surface area contributed by atoms with Crippen molar-refractivity contribution in [1.29, 1.82) is 0 Å². The van der Waals surface area contributed by atoms with E-state index in [1.165, 1.54) is 29.4 Å². The number of carbonyl (C=O) groups is 2. The molecular formula is C19H21N3O2. The van der Waals surface area contributed by atoms with Gasteiger partial charge in [0.05, 0.1) is 12.2 Å². The van der Waals surface area contributed by atoms with Gasteiger partial charge in [-0.05, 0) is 54.2 Å². The second kappa shape index (κ2) is 6.15. The Kier molecular flexibility index (Phi) is 3.84. The van der Waals surface area contributed by atoms with E-state index in [-0.39, 0.29) is 18.5 Å². The van der Waals surface area contributed by atoms with Crippen LogP contribution in [-0.2, 0) is 17.6 Å². The summed E-state index contributed by atoms with van der Waals surface area (Å²) in [4.78, 5) is 23.8. The summed E-state index contributed by atoms with van der Waals surface area (Å²) in [6, 6.07) is 9.88. The molecule has 0 saturated heterocycles. The summed E-state index contributed by atoms with van der Waals surface area (Å²) in [6.45, 7) is 0.719. The number of aryl methyl sites for hydroxylation is 2. The standard InChI is InChI=1S/C19H21N3O2/c23-17(20-10-12-4-5-12)11-21-19(24)22-16-9-8-14-7-6-13-2-1-3-15(16)18(13)14/h1-3,8-9,12H,4-7,10-11H2,(H,20,23)(H2,21,22,24). The van der Waals surface area contributed by atoms with Crippen molar-refractivity contribution in [1.82, 2.24) is 10.6 Å². The predicted octanol–water partition coefficient (Wildman–Crippen LogP) is 2.59. The zero-order valence-electron chi connectivity index (χ0n) is 13.5. The Hall–Kier alpha value is -2.56. The molecule has 0 radical (unpaired) electrons. The van der Waals surface area contributed by atoms with Crippen LogP contribution in [0.5, 0.6) is 0 Å². The molecule has 2 aliphatic rings. The fourth-order valence-corrected chi connectivity index (χ4v) is 3.33. The third-order valence-corrected chi connectivity index (χ3v) is 4.82. The third kappa shape index (κ3) is 3.07. The molecule has 1 saturated carbocycles. The quantitative estimate of drug-likeness (QED) is 0.791. The lowest BCUT2D eigenvalue weighted by atomic mass is 10.0. The average Bonchev–Trinajstić information content (AvgIpc) is 3.33. The molecule has 124 valence electrons. The molecule has 2 aromatic rings. The molecule has 3 N–H and O–H groups in total. The zero-order valence-corrected chi connectivity index (χ0v) is 13.5. The van der Waals surface area contributed by atoms with E-state index in [2.05, 4.69) is 28.1 Å². The first kappa shape index (κ1) is 15.0. The van der Waals surface area contributed by atoms with E-state index in [9.17, 15) is 9.59 Å². The van der Waals surface area contributed by atoms with Gasteiger partial charge in [-0.3, -0.25) is 4.79 Å². The van der Waals surface area contributed by atoms with Gasteiger partial charge in [0.25, 0.3) is 0 Å². The summed E-state index contributed by atoms with van der Waals surface area (Å²) < 4.78 is 0. The number of hydrogen-bond acceptors (Lipinski definition) is 2. The lowest BCUT2D eigenvalue weighted by molar-refractivity contribution is -0.120. The van der Waals surface area contributed by atoms with Gasteiger partial charge >= 0.3 is 6.03 Å². The van der Waals surface area contributed by atoms with Gasteiger partial charge in [-0.25, -0.2) is 4.79 Å². The number of amides is 3. The first-order chi connectivity index (χ1) is 11.7. The molecular weight excluding hydrogens is 302 g/mol. The van der Waals surface area contributed by atoms with Crippen LogP contribution in [-0.4, -0.2) is 25.0 Å². The summed E-state index contributed by atoms with van der Waals surface area (Å²) in [5.74, 6) is 0.494. The van der Waals surface area contributed by atoms with E-state index >= 15 is 0 Å². The highest BCUT2D eigenvalue weighted by Gasteiger charge is 2.21. The molecule has 0 atom stereocenters. The number of anilines is 1. The molecule has 0 spiro atoms. The second-order valence-corrected chi connectivity index (χ2v) is 6.67. The average molecular weight is 323 g/mol. The smallest absolute Gasteiger partial charge is 0.319 e. The van der Waals surface area contributed by atoms with E-state index in [1.54, 1.807) is 0 Å². The van der Waals surface area contributed by atoms with Crippen molar-refractivity contribution >= 4 is 28.4 Å². The number of rotatable bonds is 5. The number of carbonyl (C=O) groups excluding carboxylic acids is 2.